The normalized spacial score (nSPS) is 19.1. The molecule has 1 rings (SSSR count). The minimum Gasteiger partial charge on any atom is -0.355 e. The molecule has 1 unspecified atom stereocenters. The number of amides is 1. The van der Waals surface area contributed by atoms with E-state index >= 15 is 0 Å². The summed E-state index contributed by atoms with van der Waals surface area (Å²) in [6.45, 7) is 4.47. The number of hydrogen-bond acceptors (Lipinski definition) is 3. The molecule has 0 spiro atoms. The Morgan fingerprint density at radius 3 is 2.46 bits per heavy atom. The van der Waals surface area contributed by atoms with Gasteiger partial charge in [0.1, 0.15) is 0 Å². The second-order valence-corrected chi connectivity index (χ2v) is 5.92. The summed E-state index contributed by atoms with van der Waals surface area (Å²) in [6, 6.07) is -0.0613. The maximum absolute atomic E-state index is 12.4. The van der Waals surface area contributed by atoms with E-state index < -0.39 is 12.7 Å². The number of likely N-dealkylation sites (tertiary alicyclic amines) is 1. The Balaban J connectivity index is 0.00000529. The van der Waals surface area contributed by atoms with E-state index in [0.717, 1.165) is 0 Å². The highest BCUT2D eigenvalue weighted by Gasteiger charge is 2.34. The number of aliphatic imine (C=N–C) groups is 1. The van der Waals surface area contributed by atoms with E-state index in [2.05, 4.69) is 20.9 Å². The number of halogens is 4. The van der Waals surface area contributed by atoms with E-state index in [1.165, 1.54) is 4.90 Å². The molecule has 1 saturated heterocycles. The van der Waals surface area contributed by atoms with Crippen LogP contribution in [-0.4, -0.2) is 68.8 Å². The smallest absolute Gasteiger partial charge is 0.355 e. The highest BCUT2D eigenvalue weighted by atomic mass is 127. The van der Waals surface area contributed by atoms with Crippen molar-refractivity contribution in [3.8, 4) is 0 Å². The molecule has 0 radical (unpaired) electrons. The number of nitrogens with zero attached hydrogens (tertiary/aromatic N) is 2. The summed E-state index contributed by atoms with van der Waals surface area (Å²) in [5.74, 6) is 0.446. The van der Waals surface area contributed by atoms with Crippen LogP contribution in [-0.2, 0) is 4.79 Å². The van der Waals surface area contributed by atoms with Crippen LogP contribution in [0.4, 0.5) is 13.2 Å². The van der Waals surface area contributed by atoms with Crippen LogP contribution >= 0.6 is 24.0 Å². The van der Waals surface area contributed by atoms with Crippen LogP contribution in [0.15, 0.2) is 4.99 Å². The van der Waals surface area contributed by atoms with Crippen molar-refractivity contribution in [3.63, 3.8) is 0 Å². The van der Waals surface area contributed by atoms with Gasteiger partial charge in [-0.25, -0.2) is 0 Å². The van der Waals surface area contributed by atoms with Crippen LogP contribution < -0.4 is 16.0 Å². The quantitative estimate of drug-likeness (QED) is 0.239. The lowest BCUT2D eigenvalue weighted by molar-refractivity contribution is -0.143. The minimum atomic E-state index is -4.16. The van der Waals surface area contributed by atoms with Crippen molar-refractivity contribution in [1.29, 1.82) is 0 Å². The summed E-state index contributed by atoms with van der Waals surface area (Å²) < 4.78 is 37.1. The molecule has 10 heteroatoms. The molecule has 0 aromatic rings. The van der Waals surface area contributed by atoms with Gasteiger partial charge in [0.25, 0.3) is 0 Å². The molecule has 1 aliphatic rings. The molecule has 0 saturated carbocycles. The maximum atomic E-state index is 12.4. The van der Waals surface area contributed by atoms with Crippen molar-refractivity contribution in [2.45, 2.75) is 32.5 Å². The molecule has 1 amide bonds. The molecule has 0 bridgehead atoms. The Hall–Kier alpha value is -0.780. The molecule has 6 nitrogen and oxygen atoms in total. The van der Waals surface area contributed by atoms with E-state index in [-0.39, 0.29) is 41.8 Å². The molecule has 1 fully saturated rings. The van der Waals surface area contributed by atoms with Crippen molar-refractivity contribution in [2.24, 2.45) is 10.9 Å². The first-order chi connectivity index (χ1) is 10.7. The van der Waals surface area contributed by atoms with E-state index in [1.54, 1.807) is 7.05 Å². The van der Waals surface area contributed by atoms with Gasteiger partial charge in [-0.15, -0.1) is 24.0 Å². The number of carbonyl (C=O) groups excluding carboxylic acids is 1. The summed E-state index contributed by atoms with van der Waals surface area (Å²) in [5.41, 5.74) is 0. The van der Waals surface area contributed by atoms with Crippen molar-refractivity contribution in [2.75, 3.05) is 39.8 Å². The number of guanidine groups is 1. The summed E-state index contributed by atoms with van der Waals surface area (Å²) in [7, 11) is 1.60. The average Bonchev–Trinajstić information content (AvgIpc) is 2.86. The maximum Gasteiger partial charge on any atom is 0.401 e. The Kier molecular flexibility index (Phi) is 10.6. The molecule has 1 heterocycles. The van der Waals surface area contributed by atoms with Gasteiger partial charge < -0.3 is 16.0 Å². The molecule has 1 atom stereocenters. The first-order valence-electron chi connectivity index (χ1n) is 7.75. The summed E-state index contributed by atoms with van der Waals surface area (Å²) in [4.78, 5) is 16.8. The largest absolute Gasteiger partial charge is 0.401 e. The van der Waals surface area contributed by atoms with E-state index in [0.29, 0.717) is 38.6 Å². The second-order valence-electron chi connectivity index (χ2n) is 5.92. The average molecular weight is 465 g/mol. The number of hydrogen-bond donors (Lipinski definition) is 3. The number of rotatable bonds is 6. The first kappa shape index (κ1) is 23.2. The zero-order valence-corrected chi connectivity index (χ0v) is 16.6. The summed E-state index contributed by atoms with van der Waals surface area (Å²) in [5, 5.41) is 8.92. The van der Waals surface area contributed by atoms with Crippen molar-refractivity contribution >= 4 is 35.8 Å². The Labute approximate surface area is 158 Å². The van der Waals surface area contributed by atoms with E-state index in [9.17, 15) is 18.0 Å². The SMILES string of the molecule is CN=C(NCCNC(=O)C(C)C)NC1CCN(CC(F)(F)F)C1.I. The van der Waals surface area contributed by atoms with Crippen LogP contribution in [0.25, 0.3) is 0 Å². The third kappa shape index (κ3) is 9.50. The minimum absolute atomic E-state index is 0. The van der Waals surface area contributed by atoms with Gasteiger partial charge in [-0.2, -0.15) is 13.2 Å². The first-order valence-corrected chi connectivity index (χ1v) is 7.75. The van der Waals surface area contributed by atoms with Gasteiger partial charge in [0.2, 0.25) is 5.91 Å². The summed E-state index contributed by atoms with van der Waals surface area (Å²) >= 11 is 0. The molecule has 0 aliphatic carbocycles. The topological polar surface area (TPSA) is 68.8 Å². The van der Waals surface area contributed by atoms with Crippen LogP contribution in [0.2, 0.25) is 0 Å². The van der Waals surface area contributed by atoms with Gasteiger partial charge >= 0.3 is 6.18 Å². The predicted octanol–water partition coefficient (Wildman–Crippen LogP) is 1.18. The van der Waals surface area contributed by atoms with Gasteiger partial charge in [0.05, 0.1) is 6.54 Å². The highest BCUT2D eigenvalue weighted by Crippen LogP contribution is 2.19. The molecule has 3 N–H and O–H groups in total. The zero-order valence-electron chi connectivity index (χ0n) is 14.2. The van der Waals surface area contributed by atoms with Crippen molar-refractivity contribution in [1.82, 2.24) is 20.9 Å². The number of nitrogens with one attached hydrogen (secondary N) is 3. The Morgan fingerprint density at radius 2 is 1.92 bits per heavy atom. The Bertz CT molecular complexity index is 418. The lowest BCUT2D eigenvalue weighted by Crippen LogP contribution is -2.47. The lowest BCUT2D eigenvalue weighted by atomic mass is 10.2. The van der Waals surface area contributed by atoms with E-state index in [1.807, 2.05) is 13.8 Å². The number of alkyl halides is 3. The van der Waals surface area contributed by atoms with Crippen LogP contribution in [0.1, 0.15) is 20.3 Å². The molecular weight excluding hydrogens is 438 g/mol. The van der Waals surface area contributed by atoms with Gasteiger partial charge in [-0.1, -0.05) is 13.8 Å². The van der Waals surface area contributed by atoms with Crippen molar-refractivity contribution in [3.05, 3.63) is 0 Å². The monoisotopic (exact) mass is 465 g/mol. The third-order valence-electron chi connectivity index (χ3n) is 3.48. The molecule has 142 valence electrons. The lowest BCUT2D eigenvalue weighted by Gasteiger charge is -2.20. The van der Waals surface area contributed by atoms with Crippen LogP contribution in [0.5, 0.6) is 0 Å². The fraction of sp³-hybridized carbons (Fsp3) is 0.857. The molecule has 1 aliphatic heterocycles. The molecular formula is C14H27F3IN5O. The molecule has 0 aromatic carbocycles. The Morgan fingerprint density at radius 1 is 1.29 bits per heavy atom. The number of carbonyl (C=O) groups is 1. The van der Waals surface area contributed by atoms with Crippen LogP contribution in [0.3, 0.4) is 0 Å². The molecule has 0 aromatic heterocycles. The van der Waals surface area contributed by atoms with Gasteiger partial charge in [-0.3, -0.25) is 14.7 Å². The standard InChI is InChI=1S/C14H26F3N5O.HI/c1-10(2)12(23)19-5-6-20-13(18-3)21-11-4-7-22(8-11)9-14(15,16)17;/h10-11H,4-9H2,1-3H3,(H,19,23)(H2,18,20,21);1H. The van der Waals surface area contributed by atoms with Crippen LogP contribution in [0, 0.1) is 5.92 Å². The predicted molar refractivity (Wildman–Crippen MR) is 98.7 cm³/mol. The molecule has 24 heavy (non-hydrogen) atoms. The highest BCUT2D eigenvalue weighted by molar-refractivity contribution is 14.0. The van der Waals surface area contributed by atoms with Gasteiger partial charge in [-0.05, 0) is 6.42 Å². The van der Waals surface area contributed by atoms with Gasteiger partial charge in [0.15, 0.2) is 5.96 Å². The third-order valence-corrected chi connectivity index (χ3v) is 3.48. The second kappa shape index (κ2) is 11.0. The van der Waals surface area contributed by atoms with Crippen molar-refractivity contribution < 1.29 is 18.0 Å². The van der Waals surface area contributed by atoms with Gasteiger partial charge in [0, 0.05) is 45.2 Å². The summed E-state index contributed by atoms with van der Waals surface area (Å²) in [6.07, 6.45) is -3.52. The van der Waals surface area contributed by atoms with E-state index in [4.69, 9.17) is 0 Å². The fourth-order valence-corrected chi connectivity index (χ4v) is 2.31. The zero-order chi connectivity index (χ0) is 17.5. The fourth-order valence-electron chi connectivity index (χ4n) is 2.31.